The molecule has 2 aromatic rings. The number of nitro groups is 2. The highest BCUT2D eigenvalue weighted by Gasteiger charge is 2.45. The average molecular weight is 913 g/mol. The lowest BCUT2D eigenvalue weighted by atomic mass is 9.65. The van der Waals surface area contributed by atoms with Crippen molar-refractivity contribution in [3.8, 4) is 0 Å². The molecule has 61 heavy (non-hydrogen) atoms. The van der Waals surface area contributed by atoms with E-state index in [0.29, 0.717) is 49.1 Å². The van der Waals surface area contributed by atoms with Gasteiger partial charge in [0.1, 0.15) is 31.8 Å². The van der Waals surface area contributed by atoms with Gasteiger partial charge in [0.25, 0.3) is 11.4 Å². The van der Waals surface area contributed by atoms with Gasteiger partial charge in [-0.2, -0.15) is 0 Å². The smallest absolute Gasteiger partial charge is 0.328 e. The van der Waals surface area contributed by atoms with Crippen molar-refractivity contribution in [1.82, 2.24) is 10.6 Å². The van der Waals surface area contributed by atoms with Crippen molar-refractivity contribution in [2.45, 2.75) is 109 Å². The summed E-state index contributed by atoms with van der Waals surface area (Å²) in [5.41, 5.74) is 0.543. The second-order valence-corrected chi connectivity index (χ2v) is 20.7. The van der Waals surface area contributed by atoms with Crippen LogP contribution in [0.5, 0.6) is 0 Å². The van der Waals surface area contributed by atoms with Crippen LogP contribution >= 0.6 is 12.2 Å². The van der Waals surface area contributed by atoms with Crippen LogP contribution in [-0.4, -0.2) is 99.8 Å². The number of hydrogen-bond acceptors (Lipinski definition) is 14. The SMILES string of the molecule is C.COC(=O)[C@H](Cc1ccc([N+](=O)[O-])cc1)NC(=O)C1(CCCCS(C)(=O)=O)CCC1.COC(=O)[C@H](Cc1ccc([N+](=O)[O-])cc1)NC(=S)C1(CCCCS(C)(=O)=O)CCC1. The van der Waals surface area contributed by atoms with Crippen molar-refractivity contribution in [3.05, 3.63) is 79.9 Å². The van der Waals surface area contributed by atoms with Crippen molar-refractivity contribution in [1.29, 1.82) is 0 Å². The van der Waals surface area contributed by atoms with E-state index in [2.05, 4.69) is 10.6 Å². The third kappa shape index (κ3) is 16.7. The molecular formula is C41H60N4O13S3. The Bertz CT molecular complexity index is 1900. The lowest BCUT2D eigenvalue weighted by molar-refractivity contribution is -0.385. The summed E-state index contributed by atoms with van der Waals surface area (Å²) in [6.07, 6.45) is 11.8. The predicted octanol–water partition coefficient (Wildman–Crippen LogP) is 5.80. The Balaban J connectivity index is 0.000000413. The van der Waals surface area contributed by atoms with Gasteiger partial charge in [-0.05, 0) is 62.5 Å². The number of nitrogens with zero attached hydrogens (tertiary/aromatic N) is 2. The van der Waals surface area contributed by atoms with Crippen LogP contribution in [0.15, 0.2) is 48.5 Å². The Labute approximate surface area is 364 Å². The number of carbonyl (C=O) groups is 3. The molecule has 1 amide bonds. The van der Waals surface area contributed by atoms with Gasteiger partial charge in [0.15, 0.2) is 0 Å². The van der Waals surface area contributed by atoms with Crippen LogP contribution in [0.25, 0.3) is 0 Å². The maximum absolute atomic E-state index is 13.0. The highest BCUT2D eigenvalue weighted by Crippen LogP contribution is 2.47. The van der Waals surface area contributed by atoms with E-state index < -0.39 is 59.0 Å². The summed E-state index contributed by atoms with van der Waals surface area (Å²) in [5.74, 6) is -1.02. The monoisotopic (exact) mass is 912 g/mol. The molecule has 20 heteroatoms. The molecule has 2 aromatic carbocycles. The van der Waals surface area contributed by atoms with Crippen molar-refractivity contribution in [2.24, 2.45) is 10.8 Å². The third-order valence-corrected chi connectivity index (χ3v) is 13.8. The Kier molecular flexibility index (Phi) is 20.3. The molecule has 0 saturated heterocycles. The van der Waals surface area contributed by atoms with Crippen LogP contribution in [0, 0.1) is 31.1 Å². The van der Waals surface area contributed by atoms with Gasteiger partial charge in [-0.25, -0.2) is 26.4 Å². The van der Waals surface area contributed by atoms with E-state index in [9.17, 15) is 51.4 Å². The molecule has 0 radical (unpaired) electrons. The number of unbranched alkanes of at least 4 members (excludes halogenated alkanes) is 2. The van der Waals surface area contributed by atoms with Gasteiger partial charge in [0.2, 0.25) is 5.91 Å². The van der Waals surface area contributed by atoms with Gasteiger partial charge in [-0.1, -0.05) is 69.6 Å². The molecule has 2 saturated carbocycles. The topological polar surface area (TPSA) is 248 Å². The molecule has 0 bridgehead atoms. The summed E-state index contributed by atoms with van der Waals surface area (Å²) in [6.45, 7) is 0. The molecule has 0 aromatic heterocycles. The number of esters is 2. The summed E-state index contributed by atoms with van der Waals surface area (Å²) in [6, 6.07) is 10.2. The van der Waals surface area contributed by atoms with E-state index in [1.54, 1.807) is 24.3 Å². The van der Waals surface area contributed by atoms with Crippen LogP contribution in [0.4, 0.5) is 11.4 Å². The zero-order valence-electron chi connectivity index (χ0n) is 34.5. The minimum atomic E-state index is -3.03. The molecule has 0 spiro atoms. The minimum absolute atomic E-state index is 0. The number of carbonyl (C=O) groups excluding carboxylic acids is 3. The van der Waals surface area contributed by atoms with Crippen molar-refractivity contribution < 1.29 is 50.5 Å². The maximum atomic E-state index is 13.0. The Morgan fingerprint density at radius 1 is 0.672 bits per heavy atom. The summed E-state index contributed by atoms with van der Waals surface area (Å²) in [7, 11) is -3.47. The van der Waals surface area contributed by atoms with Crippen LogP contribution in [0.3, 0.4) is 0 Å². The zero-order valence-corrected chi connectivity index (χ0v) is 37.0. The Morgan fingerprint density at radius 2 is 1.03 bits per heavy atom. The molecule has 2 aliphatic rings. The fourth-order valence-corrected chi connectivity index (χ4v) is 9.22. The molecule has 2 fully saturated rings. The fourth-order valence-electron chi connectivity index (χ4n) is 7.32. The molecule has 2 atom stereocenters. The zero-order chi connectivity index (χ0) is 44.7. The van der Waals surface area contributed by atoms with Crippen molar-refractivity contribution in [3.63, 3.8) is 0 Å². The number of methoxy groups -OCH3 is 2. The first-order chi connectivity index (χ1) is 28.1. The molecular weight excluding hydrogens is 853 g/mol. The molecule has 2 N–H and O–H groups in total. The number of rotatable bonds is 22. The van der Waals surface area contributed by atoms with E-state index in [1.165, 1.54) is 51.0 Å². The summed E-state index contributed by atoms with van der Waals surface area (Å²) in [4.78, 5) is 58.7. The molecule has 2 aliphatic carbocycles. The van der Waals surface area contributed by atoms with Crippen LogP contribution < -0.4 is 10.6 Å². The first kappa shape index (κ1) is 52.6. The van der Waals surface area contributed by atoms with Gasteiger partial charge >= 0.3 is 11.9 Å². The predicted molar refractivity (Wildman–Crippen MR) is 236 cm³/mol. The standard InChI is InChI=1S/C20H28N2O7S.C20H28N2O6S2.CH4/c1-29-18(23)17(14-15-6-8-16(9-7-15)22(25)26)21-19(24)20(11-5-12-20)10-3-4-13-30(2,27)28;1-28-18(23)17(14-15-6-8-16(9-7-15)22(24)25)21-19(29)20(11-5-12-20)10-3-4-13-30(2,26)27;/h6-9,17H,3-5,10-14H2,1-2H3,(H,21,24);6-9,17H,3-5,10-14H2,1-2H3,(H,21,29);1H4/t2*17-;/m00./s1. The minimum Gasteiger partial charge on any atom is -0.467 e. The molecule has 0 aliphatic heterocycles. The third-order valence-electron chi connectivity index (χ3n) is 11.2. The highest BCUT2D eigenvalue weighted by molar-refractivity contribution is 7.90. The molecule has 340 valence electrons. The number of benzene rings is 2. The maximum Gasteiger partial charge on any atom is 0.328 e. The molecule has 0 unspecified atom stereocenters. The van der Waals surface area contributed by atoms with Gasteiger partial charge in [0.05, 0.1) is 29.1 Å². The summed E-state index contributed by atoms with van der Waals surface area (Å²) < 4.78 is 55.0. The largest absolute Gasteiger partial charge is 0.467 e. The van der Waals surface area contributed by atoms with E-state index >= 15 is 0 Å². The number of hydrogen-bond donors (Lipinski definition) is 2. The lowest BCUT2D eigenvalue weighted by Gasteiger charge is -2.43. The van der Waals surface area contributed by atoms with Crippen LogP contribution in [0.2, 0.25) is 0 Å². The number of amides is 1. The van der Waals surface area contributed by atoms with Gasteiger partial charge in [0, 0.05) is 72.0 Å². The summed E-state index contributed by atoms with van der Waals surface area (Å²) in [5, 5.41) is 27.6. The second-order valence-electron chi connectivity index (χ2n) is 15.8. The number of thiocarbonyl (C=S) groups is 1. The van der Waals surface area contributed by atoms with E-state index in [4.69, 9.17) is 21.7 Å². The first-order valence-corrected chi connectivity index (χ1v) is 24.3. The Hall–Kier alpha value is -4.56. The molecule has 0 heterocycles. The quantitative estimate of drug-likeness (QED) is 0.0466. The van der Waals surface area contributed by atoms with Gasteiger partial charge in [-0.15, -0.1) is 0 Å². The fraction of sp³-hybridized carbons (Fsp3) is 0.610. The normalized spacial score (nSPS) is 15.9. The lowest BCUT2D eigenvalue weighted by Crippen LogP contribution is -2.52. The number of sulfone groups is 2. The van der Waals surface area contributed by atoms with Crippen molar-refractivity contribution >= 4 is 66.1 Å². The van der Waals surface area contributed by atoms with Gasteiger partial charge < -0.3 is 20.1 Å². The number of nitrogens with one attached hydrogen (secondary N) is 2. The Morgan fingerprint density at radius 3 is 1.34 bits per heavy atom. The number of ether oxygens (including phenoxy) is 2. The van der Waals surface area contributed by atoms with E-state index in [0.717, 1.165) is 44.1 Å². The average Bonchev–Trinajstić information content (AvgIpc) is 3.15. The molecule has 4 rings (SSSR count). The molecule has 17 nitrogen and oxygen atoms in total. The van der Waals surface area contributed by atoms with Crippen LogP contribution in [0.1, 0.15) is 95.6 Å². The number of nitro benzene ring substituents is 2. The summed E-state index contributed by atoms with van der Waals surface area (Å²) >= 11 is 5.65. The van der Waals surface area contributed by atoms with E-state index in [-0.39, 0.29) is 54.5 Å². The van der Waals surface area contributed by atoms with E-state index in [1.807, 2.05) is 0 Å². The second kappa shape index (κ2) is 23.6. The number of non-ortho nitro benzene ring substituents is 2. The highest BCUT2D eigenvalue weighted by atomic mass is 32.2. The first-order valence-electron chi connectivity index (χ1n) is 19.7. The van der Waals surface area contributed by atoms with Gasteiger partial charge in [-0.3, -0.25) is 25.0 Å². The van der Waals surface area contributed by atoms with Crippen LogP contribution in [-0.2, 0) is 56.4 Å². The van der Waals surface area contributed by atoms with Crippen molar-refractivity contribution in [2.75, 3.05) is 38.2 Å².